The Labute approximate surface area is 111 Å². The average molecular weight is 256 g/mol. The molecule has 1 aliphatic heterocycles. The molecule has 5 heteroatoms. The lowest BCUT2D eigenvalue weighted by Gasteiger charge is -2.19. The number of para-hydroxylation sites is 1. The van der Waals surface area contributed by atoms with Crippen LogP contribution in [0.5, 0.6) is 0 Å². The molecule has 1 fully saturated rings. The lowest BCUT2D eigenvalue weighted by molar-refractivity contribution is 0.801. The molecule has 0 radical (unpaired) electrons. The zero-order valence-corrected chi connectivity index (χ0v) is 10.6. The van der Waals surface area contributed by atoms with E-state index in [-0.39, 0.29) is 11.2 Å². The molecule has 3 rings (SSSR count). The fraction of sp³-hybridized carbons (Fsp3) is 0.286. The monoisotopic (exact) mass is 256 g/mol. The summed E-state index contributed by atoms with van der Waals surface area (Å²) in [6.45, 7) is 1.89. The highest BCUT2D eigenvalue weighted by atomic mass is 16.1. The van der Waals surface area contributed by atoms with Gasteiger partial charge >= 0.3 is 0 Å². The van der Waals surface area contributed by atoms with Gasteiger partial charge in [-0.15, -0.1) is 0 Å². The molecule has 0 bridgehead atoms. The van der Waals surface area contributed by atoms with E-state index >= 15 is 0 Å². The summed E-state index contributed by atoms with van der Waals surface area (Å²) >= 11 is 0. The maximum atomic E-state index is 12.3. The summed E-state index contributed by atoms with van der Waals surface area (Å²) in [5, 5.41) is 4.24. The van der Waals surface area contributed by atoms with Crippen molar-refractivity contribution < 1.29 is 0 Å². The van der Waals surface area contributed by atoms with Gasteiger partial charge in [-0.3, -0.25) is 4.79 Å². The average Bonchev–Trinajstić information content (AvgIpc) is 2.97. The van der Waals surface area contributed by atoms with E-state index in [4.69, 9.17) is 5.73 Å². The fourth-order valence-electron chi connectivity index (χ4n) is 2.42. The molecule has 0 aliphatic carbocycles. The normalized spacial score (nSPS) is 14.8. The van der Waals surface area contributed by atoms with Crippen LogP contribution in [-0.2, 0) is 0 Å². The Hall–Kier alpha value is -2.30. The van der Waals surface area contributed by atoms with Crippen LogP contribution in [0.3, 0.4) is 0 Å². The largest absolute Gasteiger partial charge is 0.392 e. The van der Waals surface area contributed by atoms with Crippen molar-refractivity contribution in [1.29, 1.82) is 0 Å². The Bertz CT molecular complexity index is 630. The third kappa shape index (κ3) is 2.07. The van der Waals surface area contributed by atoms with E-state index in [2.05, 4.69) is 10.00 Å². The number of benzene rings is 1. The smallest absolute Gasteiger partial charge is 0.296 e. The second-order valence-electron chi connectivity index (χ2n) is 4.69. The van der Waals surface area contributed by atoms with Crippen LogP contribution in [-0.4, -0.2) is 22.9 Å². The molecule has 1 aromatic heterocycles. The standard InChI is InChI=1S/C14H16N4O/c15-13-12(17-8-4-5-9-17)10-16-18(14(13)19)11-6-2-1-3-7-11/h1-3,6-7,10H,4-5,8-9,15H2. The predicted octanol–water partition coefficient (Wildman–Crippen LogP) is 1.41. The van der Waals surface area contributed by atoms with Crippen molar-refractivity contribution in [2.75, 3.05) is 23.7 Å². The summed E-state index contributed by atoms with van der Waals surface area (Å²) in [6.07, 6.45) is 3.97. The first-order valence-electron chi connectivity index (χ1n) is 6.45. The van der Waals surface area contributed by atoms with Crippen molar-refractivity contribution in [3.63, 3.8) is 0 Å². The Morgan fingerprint density at radius 3 is 2.47 bits per heavy atom. The quantitative estimate of drug-likeness (QED) is 0.882. The highest BCUT2D eigenvalue weighted by molar-refractivity contribution is 5.65. The summed E-state index contributed by atoms with van der Waals surface area (Å²) in [5.41, 5.74) is 7.50. The van der Waals surface area contributed by atoms with Gasteiger partial charge in [0.2, 0.25) is 0 Å². The van der Waals surface area contributed by atoms with Crippen molar-refractivity contribution in [2.45, 2.75) is 12.8 Å². The highest BCUT2D eigenvalue weighted by Crippen LogP contribution is 2.23. The highest BCUT2D eigenvalue weighted by Gasteiger charge is 2.18. The van der Waals surface area contributed by atoms with Crippen molar-refractivity contribution in [3.05, 3.63) is 46.9 Å². The number of rotatable bonds is 2. The first kappa shape index (κ1) is 11.8. The molecule has 0 spiro atoms. The van der Waals surface area contributed by atoms with Crippen molar-refractivity contribution >= 4 is 11.4 Å². The number of aromatic nitrogens is 2. The Balaban J connectivity index is 2.06. The molecular formula is C14H16N4O. The molecule has 0 atom stereocenters. The van der Waals surface area contributed by atoms with Crippen LogP contribution in [0.2, 0.25) is 0 Å². The van der Waals surface area contributed by atoms with Crippen molar-refractivity contribution in [1.82, 2.24) is 9.78 Å². The third-order valence-corrected chi connectivity index (χ3v) is 3.44. The summed E-state index contributed by atoms with van der Waals surface area (Å²) in [7, 11) is 0. The van der Waals surface area contributed by atoms with Gasteiger partial charge in [0.15, 0.2) is 0 Å². The lowest BCUT2D eigenvalue weighted by Crippen LogP contribution is -2.28. The van der Waals surface area contributed by atoms with E-state index in [1.165, 1.54) is 4.68 Å². The van der Waals surface area contributed by atoms with Gasteiger partial charge in [0.1, 0.15) is 5.69 Å². The van der Waals surface area contributed by atoms with Gasteiger partial charge in [-0.25, -0.2) is 0 Å². The van der Waals surface area contributed by atoms with E-state index in [1.807, 2.05) is 30.3 Å². The molecule has 2 heterocycles. The minimum Gasteiger partial charge on any atom is -0.392 e. The molecule has 0 amide bonds. The van der Waals surface area contributed by atoms with Crippen LogP contribution < -0.4 is 16.2 Å². The Morgan fingerprint density at radius 2 is 1.79 bits per heavy atom. The van der Waals surface area contributed by atoms with Gasteiger partial charge in [-0.2, -0.15) is 9.78 Å². The van der Waals surface area contributed by atoms with Crippen LogP contribution in [0.1, 0.15) is 12.8 Å². The molecule has 1 saturated heterocycles. The lowest BCUT2D eigenvalue weighted by atomic mass is 10.3. The zero-order chi connectivity index (χ0) is 13.2. The van der Waals surface area contributed by atoms with E-state index in [0.29, 0.717) is 0 Å². The maximum Gasteiger partial charge on any atom is 0.296 e. The first-order chi connectivity index (χ1) is 9.27. The molecule has 19 heavy (non-hydrogen) atoms. The van der Waals surface area contributed by atoms with Crippen LogP contribution in [0, 0.1) is 0 Å². The minimum atomic E-state index is -0.254. The van der Waals surface area contributed by atoms with E-state index in [1.54, 1.807) is 6.20 Å². The zero-order valence-electron chi connectivity index (χ0n) is 10.6. The van der Waals surface area contributed by atoms with Gasteiger partial charge in [-0.05, 0) is 25.0 Å². The molecule has 2 aromatic rings. The number of anilines is 2. The summed E-state index contributed by atoms with van der Waals surface area (Å²) in [4.78, 5) is 14.4. The molecule has 5 nitrogen and oxygen atoms in total. The van der Waals surface area contributed by atoms with Crippen molar-refractivity contribution in [2.24, 2.45) is 0 Å². The molecule has 98 valence electrons. The van der Waals surface area contributed by atoms with Gasteiger partial charge in [0.25, 0.3) is 5.56 Å². The fourth-order valence-corrected chi connectivity index (χ4v) is 2.42. The van der Waals surface area contributed by atoms with Crippen molar-refractivity contribution in [3.8, 4) is 5.69 Å². The molecule has 1 aliphatic rings. The van der Waals surface area contributed by atoms with E-state index in [9.17, 15) is 4.79 Å². The molecule has 0 unspecified atom stereocenters. The number of nitrogens with zero attached hydrogens (tertiary/aromatic N) is 3. The molecular weight excluding hydrogens is 240 g/mol. The molecule has 1 aromatic carbocycles. The number of nitrogen functional groups attached to an aromatic ring is 1. The maximum absolute atomic E-state index is 12.3. The first-order valence-corrected chi connectivity index (χ1v) is 6.45. The molecule has 2 N–H and O–H groups in total. The Morgan fingerprint density at radius 1 is 1.11 bits per heavy atom. The third-order valence-electron chi connectivity index (χ3n) is 3.44. The summed E-state index contributed by atoms with van der Waals surface area (Å²) < 4.78 is 1.34. The summed E-state index contributed by atoms with van der Waals surface area (Å²) in [6, 6.07) is 9.31. The Kier molecular flexibility index (Phi) is 2.95. The van der Waals surface area contributed by atoms with E-state index < -0.39 is 0 Å². The van der Waals surface area contributed by atoms with Gasteiger partial charge in [-0.1, -0.05) is 18.2 Å². The van der Waals surface area contributed by atoms with Crippen LogP contribution >= 0.6 is 0 Å². The minimum absolute atomic E-state index is 0.254. The SMILES string of the molecule is Nc1c(N2CCCC2)cnn(-c2ccccc2)c1=O. The summed E-state index contributed by atoms with van der Waals surface area (Å²) in [5.74, 6) is 0. The van der Waals surface area contributed by atoms with Crippen LogP contribution in [0.25, 0.3) is 5.69 Å². The van der Waals surface area contributed by atoms with Gasteiger partial charge in [0, 0.05) is 13.1 Å². The topological polar surface area (TPSA) is 64.2 Å². The van der Waals surface area contributed by atoms with Gasteiger partial charge in [0.05, 0.1) is 17.6 Å². The number of nitrogens with two attached hydrogens (primary N) is 1. The van der Waals surface area contributed by atoms with Crippen LogP contribution in [0.15, 0.2) is 41.3 Å². The second-order valence-corrected chi connectivity index (χ2v) is 4.69. The van der Waals surface area contributed by atoms with Crippen LogP contribution in [0.4, 0.5) is 11.4 Å². The van der Waals surface area contributed by atoms with E-state index in [0.717, 1.165) is 37.3 Å². The number of hydrogen-bond donors (Lipinski definition) is 1. The predicted molar refractivity (Wildman–Crippen MR) is 75.7 cm³/mol. The molecule has 0 saturated carbocycles. The van der Waals surface area contributed by atoms with Gasteiger partial charge < -0.3 is 10.6 Å². The number of hydrogen-bond acceptors (Lipinski definition) is 4. The second kappa shape index (κ2) is 4.76.